The van der Waals surface area contributed by atoms with Crippen molar-refractivity contribution in [3.05, 3.63) is 24.8 Å². The third-order valence-corrected chi connectivity index (χ3v) is 5.95. The SMILES string of the molecule is OCC1(CO)C[C@@H]2C=C[C@H]1[C@@H]2n1cnc2c(NC3CC3)ncnc21. The van der Waals surface area contributed by atoms with Gasteiger partial charge in [0.05, 0.1) is 19.5 Å². The zero-order valence-electron chi connectivity index (χ0n) is 13.3. The molecule has 0 unspecified atom stereocenters. The molecular formula is C17H21N5O2. The van der Waals surface area contributed by atoms with E-state index in [4.69, 9.17) is 0 Å². The summed E-state index contributed by atoms with van der Waals surface area (Å²) in [6.07, 6.45) is 10.9. The molecule has 0 saturated heterocycles. The first-order valence-corrected chi connectivity index (χ1v) is 8.60. The highest BCUT2D eigenvalue weighted by Crippen LogP contribution is 2.58. The summed E-state index contributed by atoms with van der Waals surface area (Å²) >= 11 is 0. The van der Waals surface area contributed by atoms with E-state index in [2.05, 4.69) is 37.0 Å². The molecule has 0 spiro atoms. The van der Waals surface area contributed by atoms with Crippen molar-refractivity contribution in [2.24, 2.45) is 17.3 Å². The minimum Gasteiger partial charge on any atom is -0.396 e. The van der Waals surface area contributed by atoms with Gasteiger partial charge in [-0.3, -0.25) is 0 Å². The van der Waals surface area contributed by atoms with Crippen molar-refractivity contribution < 1.29 is 10.2 Å². The van der Waals surface area contributed by atoms with Crippen LogP contribution >= 0.6 is 0 Å². The molecule has 2 fully saturated rings. The second kappa shape index (κ2) is 5.00. The van der Waals surface area contributed by atoms with Gasteiger partial charge in [-0.2, -0.15) is 0 Å². The van der Waals surface area contributed by atoms with Crippen LogP contribution in [0.25, 0.3) is 11.2 Å². The van der Waals surface area contributed by atoms with Gasteiger partial charge in [0.1, 0.15) is 11.8 Å². The molecule has 2 aromatic heterocycles. The van der Waals surface area contributed by atoms with Crippen LogP contribution in [-0.2, 0) is 0 Å². The highest BCUT2D eigenvalue weighted by molar-refractivity contribution is 5.83. The molecule has 2 heterocycles. The molecule has 0 radical (unpaired) electrons. The maximum Gasteiger partial charge on any atom is 0.165 e. The van der Waals surface area contributed by atoms with E-state index in [-0.39, 0.29) is 25.2 Å². The predicted octanol–water partition coefficient (Wildman–Crippen LogP) is 1.12. The second-order valence-electron chi connectivity index (χ2n) is 7.41. The summed E-state index contributed by atoms with van der Waals surface area (Å²) in [6, 6.07) is 0.659. The first-order chi connectivity index (χ1) is 11.8. The number of nitrogens with one attached hydrogen (secondary N) is 1. The summed E-state index contributed by atoms with van der Waals surface area (Å²) in [4.78, 5) is 13.4. The lowest BCUT2D eigenvalue weighted by Gasteiger charge is -2.32. The van der Waals surface area contributed by atoms with E-state index in [1.165, 1.54) is 12.8 Å². The van der Waals surface area contributed by atoms with E-state index in [0.29, 0.717) is 12.0 Å². The largest absolute Gasteiger partial charge is 0.396 e. The van der Waals surface area contributed by atoms with E-state index in [1.807, 2.05) is 6.33 Å². The smallest absolute Gasteiger partial charge is 0.165 e. The number of fused-ring (bicyclic) bond motifs is 3. The Balaban J connectivity index is 1.56. The molecule has 7 nitrogen and oxygen atoms in total. The topological polar surface area (TPSA) is 96.1 Å². The number of allylic oxidation sites excluding steroid dienone is 2. The molecule has 3 N–H and O–H groups in total. The van der Waals surface area contributed by atoms with Gasteiger partial charge in [-0.05, 0) is 25.2 Å². The minimum atomic E-state index is -0.442. The molecule has 5 rings (SSSR count). The van der Waals surface area contributed by atoms with Crippen molar-refractivity contribution in [2.45, 2.75) is 31.3 Å². The van der Waals surface area contributed by atoms with Crippen LogP contribution in [0.2, 0.25) is 0 Å². The monoisotopic (exact) mass is 327 g/mol. The molecule has 3 aliphatic carbocycles. The van der Waals surface area contributed by atoms with Crippen molar-refractivity contribution in [2.75, 3.05) is 18.5 Å². The molecule has 0 aromatic carbocycles. The molecule has 3 aliphatic rings. The molecular weight excluding hydrogens is 306 g/mol. The number of hydrogen-bond acceptors (Lipinski definition) is 6. The van der Waals surface area contributed by atoms with Gasteiger partial charge < -0.3 is 20.1 Å². The number of aliphatic hydroxyl groups is 2. The zero-order chi connectivity index (χ0) is 16.3. The number of hydrogen-bond donors (Lipinski definition) is 3. The second-order valence-corrected chi connectivity index (χ2v) is 7.41. The van der Waals surface area contributed by atoms with Gasteiger partial charge in [0, 0.05) is 23.4 Å². The van der Waals surface area contributed by atoms with Gasteiger partial charge in [-0.1, -0.05) is 12.2 Å². The summed E-state index contributed by atoms with van der Waals surface area (Å²) < 4.78 is 2.11. The van der Waals surface area contributed by atoms with Crippen LogP contribution in [0.5, 0.6) is 0 Å². The Hall–Kier alpha value is -1.99. The average molecular weight is 327 g/mol. The molecule has 2 saturated carbocycles. The van der Waals surface area contributed by atoms with Crippen molar-refractivity contribution in [3.8, 4) is 0 Å². The number of rotatable bonds is 5. The fourth-order valence-corrected chi connectivity index (χ4v) is 4.48. The van der Waals surface area contributed by atoms with E-state index in [0.717, 1.165) is 23.4 Å². The van der Waals surface area contributed by atoms with Crippen LogP contribution < -0.4 is 5.32 Å². The van der Waals surface area contributed by atoms with Crippen LogP contribution in [-0.4, -0.2) is 49.0 Å². The van der Waals surface area contributed by atoms with Crippen molar-refractivity contribution >= 4 is 17.0 Å². The lowest BCUT2D eigenvalue weighted by Crippen LogP contribution is -2.35. The van der Waals surface area contributed by atoms with Gasteiger partial charge >= 0.3 is 0 Å². The summed E-state index contributed by atoms with van der Waals surface area (Å²) in [5, 5.41) is 23.1. The highest BCUT2D eigenvalue weighted by Gasteiger charge is 2.55. The fraction of sp³-hybridized carbons (Fsp3) is 0.588. The van der Waals surface area contributed by atoms with Crippen LogP contribution in [0, 0.1) is 17.3 Å². The lowest BCUT2D eigenvalue weighted by atomic mass is 9.77. The lowest BCUT2D eigenvalue weighted by molar-refractivity contribution is 0.0290. The molecule has 24 heavy (non-hydrogen) atoms. The quantitative estimate of drug-likeness (QED) is 0.712. The van der Waals surface area contributed by atoms with Crippen LogP contribution in [0.15, 0.2) is 24.8 Å². The Kier molecular flexibility index (Phi) is 2.99. The number of anilines is 1. The molecule has 2 aromatic rings. The van der Waals surface area contributed by atoms with Crippen molar-refractivity contribution in [1.29, 1.82) is 0 Å². The van der Waals surface area contributed by atoms with Gasteiger partial charge in [0.25, 0.3) is 0 Å². The predicted molar refractivity (Wildman–Crippen MR) is 88.3 cm³/mol. The van der Waals surface area contributed by atoms with Gasteiger partial charge in [-0.15, -0.1) is 0 Å². The van der Waals surface area contributed by atoms with Crippen LogP contribution in [0.4, 0.5) is 5.82 Å². The number of imidazole rings is 1. The Morgan fingerprint density at radius 3 is 2.71 bits per heavy atom. The molecule has 126 valence electrons. The number of aliphatic hydroxyl groups excluding tert-OH is 2. The third kappa shape index (κ3) is 1.88. The summed E-state index contributed by atoms with van der Waals surface area (Å²) in [5.74, 6) is 1.20. The number of aromatic nitrogens is 4. The average Bonchev–Trinajstić information content (AvgIpc) is 3.06. The van der Waals surface area contributed by atoms with Gasteiger partial charge in [0.2, 0.25) is 0 Å². The molecule has 2 bridgehead atoms. The maximum absolute atomic E-state index is 9.86. The first kappa shape index (κ1) is 14.4. The van der Waals surface area contributed by atoms with Crippen molar-refractivity contribution in [1.82, 2.24) is 19.5 Å². The Morgan fingerprint density at radius 2 is 2.00 bits per heavy atom. The normalized spacial score (nSPS) is 30.3. The maximum atomic E-state index is 9.86. The van der Waals surface area contributed by atoms with Crippen LogP contribution in [0.1, 0.15) is 25.3 Å². The summed E-state index contributed by atoms with van der Waals surface area (Å²) in [5.41, 5.74) is 1.18. The zero-order valence-corrected chi connectivity index (χ0v) is 13.3. The van der Waals surface area contributed by atoms with E-state index in [1.54, 1.807) is 6.33 Å². The van der Waals surface area contributed by atoms with Crippen molar-refractivity contribution in [3.63, 3.8) is 0 Å². The van der Waals surface area contributed by atoms with E-state index in [9.17, 15) is 10.2 Å². The number of nitrogens with zero attached hydrogens (tertiary/aromatic N) is 4. The molecule has 0 aliphatic heterocycles. The standard InChI is InChI=1S/C17H21N5O2/c23-6-17(7-24)5-10-1-4-12(17)14(10)22-9-20-13-15(21-11-2-3-11)18-8-19-16(13)22/h1,4,8-12,14,23-24H,2-3,5-7H2,(H,18,19,21)/t10-,12-,14+/m0/s1. The Bertz CT molecular complexity index is 808. The summed E-state index contributed by atoms with van der Waals surface area (Å²) in [7, 11) is 0. The third-order valence-electron chi connectivity index (χ3n) is 5.95. The van der Waals surface area contributed by atoms with E-state index < -0.39 is 5.41 Å². The Morgan fingerprint density at radius 1 is 1.17 bits per heavy atom. The summed E-state index contributed by atoms with van der Waals surface area (Å²) in [6.45, 7) is 0.00319. The highest BCUT2D eigenvalue weighted by atomic mass is 16.3. The van der Waals surface area contributed by atoms with Crippen LogP contribution in [0.3, 0.4) is 0 Å². The molecule has 7 heteroatoms. The molecule has 0 amide bonds. The first-order valence-electron chi connectivity index (χ1n) is 8.60. The fourth-order valence-electron chi connectivity index (χ4n) is 4.48. The Labute approximate surface area is 139 Å². The van der Waals surface area contributed by atoms with E-state index >= 15 is 0 Å². The molecule has 3 atom stereocenters. The van der Waals surface area contributed by atoms with Gasteiger partial charge in [-0.25, -0.2) is 15.0 Å². The minimum absolute atomic E-state index is 0.00159. The van der Waals surface area contributed by atoms with Gasteiger partial charge in [0.15, 0.2) is 11.5 Å².